The number of nitrogens with zero attached hydrogens (tertiary/aromatic N) is 4. The molecule has 7 heterocycles. The quantitative estimate of drug-likeness (QED) is 0.334. The second-order valence-corrected chi connectivity index (χ2v) is 15.0. The van der Waals surface area contributed by atoms with E-state index in [0.29, 0.717) is 49.2 Å². The highest BCUT2D eigenvalue weighted by Crippen LogP contribution is 2.42. The molecule has 3 aromatic rings. The molecule has 272 valence electrons. The maximum absolute atomic E-state index is 14.1. The fourth-order valence-corrected chi connectivity index (χ4v) is 9.63. The van der Waals surface area contributed by atoms with E-state index in [2.05, 4.69) is 27.2 Å². The lowest BCUT2D eigenvalue weighted by atomic mass is 9.79. The van der Waals surface area contributed by atoms with E-state index in [1.807, 2.05) is 51.6 Å². The number of pyridine rings is 2. The first-order chi connectivity index (χ1) is 25.3. The van der Waals surface area contributed by atoms with E-state index in [9.17, 15) is 19.2 Å². The zero-order chi connectivity index (χ0) is 35.9. The maximum Gasteiger partial charge on any atom is 0.336 e. The lowest BCUT2D eigenvalue weighted by Gasteiger charge is -2.45. The van der Waals surface area contributed by atoms with Gasteiger partial charge in [0.05, 0.1) is 30.3 Å². The van der Waals surface area contributed by atoms with Gasteiger partial charge in [-0.2, -0.15) is 0 Å². The van der Waals surface area contributed by atoms with Crippen LogP contribution in [-0.2, 0) is 32.2 Å². The van der Waals surface area contributed by atoms with Crippen LogP contribution in [0.15, 0.2) is 98.9 Å². The van der Waals surface area contributed by atoms with Crippen molar-refractivity contribution in [3.63, 3.8) is 0 Å². The summed E-state index contributed by atoms with van der Waals surface area (Å²) >= 11 is 0. The molecule has 0 unspecified atom stereocenters. The maximum atomic E-state index is 14.1. The average Bonchev–Trinajstić information content (AvgIpc) is 3.13. The number of rotatable bonds is 9. The molecule has 1 N–H and O–H groups in total. The molecule has 2 aromatic heterocycles. The van der Waals surface area contributed by atoms with E-state index in [4.69, 9.17) is 9.47 Å². The highest BCUT2D eigenvalue weighted by Gasteiger charge is 2.43. The summed E-state index contributed by atoms with van der Waals surface area (Å²) < 4.78 is 15.4. The number of esters is 2. The van der Waals surface area contributed by atoms with Crippen LogP contribution in [0.3, 0.4) is 0 Å². The lowest BCUT2D eigenvalue weighted by molar-refractivity contribution is -0.139. The van der Waals surface area contributed by atoms with Crippen molar-refractivity contribution in [3.8, 4) is 0 Å². The van der Waals surface area contributed by atoms with Crippen molar-refractivity contribution in [3.05, 3.63) is 127 Å². The monoisotopic (exact) mass is 705 g/mol. The number of hydrogen-bond donors (Lipinski definition) is 1. The first kappa shape index (κ1) is 34.4. The van der Waals surface area contributed by atoms with Gasteiger partial charge in [-0.05, 0) is 56.2 Å². The summed E-state index contributed by atoms with van der Waals surface area (Å²) in [6.45, 7) is 9.32. The number of hydrogen-bond acceptors (Lipinski definition) is 9. The third-order valence-corrected chi connectivity index (χ3v) is 11.5. The molecule has 52 heavy (non-hydrogen) atoms. The molecular formula is C41H47N5O6. The van der Waals surface area contributed by atoms with Gasteiger partial charge in [-0.15, -0.1) is 0 Å². The number of likely N-dealkylation sites (tertiary alicyclic amines) is 2. The van der Waals surface area contributed by atoms with Gasteiger partial charge in [0.15, 0.2) is 0 Å². The number of carbonyl (C=O) groups excluding carboxylic acids is 2. The second-order valence-electron chi connectivity index (χ2n) is 15.0. The standard InChI is InChI=1S/C41H47N5O6/c1-3-51-40(49)38-31(24-43-18-26-16-29(22-43)33-12-8-14-35(47)45(33)20-26)42-32(39(41(50)52-4-2)37(38)28-10-6-5-7-11-28)25-44-19-27-17-30(23-44)34-13-9-15-36(48)46(34)21-27/h5-15,26-27,29-30,37,42H,3-4,16-25H2,1-2H3/t26-,27-,29+,30+/m1/s1. The number of fused-ring (bicyclic) bond motifs is 8. The Morgan fingerprint density at radius 2 is 1.12 bits per heavy atom. The molecule has 0 spiro atoms. The number of nitrogens with one attached hydrogen (secondary N) is 1. The zero-order valence-corrected chi connectivity index (χ0v) is 30.0. The first-order valence-electron chi connectivity index (χ1n) is 18.8. The number of dihydropyridines is 1. The van der Waals surface area contributed by atoms with Gasteiger partial charge in [-0.25, -0.2) is 9.59 Å². The largest absolute Gasteiger partial charge is 0.463 e. The van der Waals surface area contributed by atoms with Crippen LogP contribution in [0.25, 0.3) is 0 Å². The Morgan fingerprint density at radius 1 is 0.635 bits per heavy atom. The lowest BCUT2D eigenvalue weighted by Crippen LogP contribution is -2.50. The van der Waals surface area contributed by atoms with Crippen LogP contribution in [0.1, 0.15) is 61.4 Å². The van der Waals surface area contributed by atoms with Crippen LogP contribution in [0.5, 0.6) is 0 Å². The first-order valence-corrected chi connectivity index (χ1v) is 18.8. The molecule has 0 saturated carbocycles. The Bertz CT molecular complexity index is 1920. The van der Waals surface area contributed by atoms with Gasteiger partial charge in [0.1, 0.15) is 0 Å². The van der Waals surface area contributed by atoms with Crippen molar-refractivity contribution < 1.29 is 19.1 Å². The third kappa shape index (κ3) is 6.45. The molecule has 5 aliphatic heterocycles. The van der Waals surface area contributed by atoms with Gasteiger partial charge < -0.3 is 23.9 Å². The minimum absolute atomic E-state index is 0.0475. The van der Waals surface area contributed by atoms with Gasteiger partial charge in [-0.1, -0.05) is 42.5 Å². The van der Waals surface area contributed by atoms with E-state index in [1.165, 1.54) is 0 Å². The Hall–Kier alpha value is -4.74. The van der Waals surface area contributed by atoms with Crippen molar-refractivity contribution in [2.45, 2.75) is 57.5 Å². The molecular weight excluding hydrogens is 658 g/mol. The third-order valence-electron chi connectivity index (χ3n) is 11.5. The second kappa shape index (κ2) is 14.4. The number of piperidine rings is 2. The van der Waals surface area contributed by atoms with Crippen LogP contribution in [0, 0.1) is 11.8 Å². The molecule has 4 bridgehead atoms. The molecule has 0 amide bonds. The predicted octanol–water partition coefficient (Wildman–Crippen LogP) is 3.57. The molecule has 0 aliphatic carbocycles. The summed E-state index contributed by atoms with van der Waals surface area (Å²) in [5.41, 5.74) is 5.36. The summed E-state index contributed by atoms with van der Waals surface area (Å²) in [6.07, 6.45) is 2.04. The van der Waals surface area contributed by atoms with Crippen molar-refractivity contribution in [2.75, 3.05) is 52.5 Å². The molecule has 5 aliphatic rings. The van der Waals surface area contributed by atoms with Gasteiger partial charge in [0.2, 0.25) is 0 Å². The van der Waals surface area contributed by atoms with E-state index in [1.54, 1.807) is 26.0 Å². The smallest absolute Gasteiger partial charge is 0.336 e. The topological polar surface area (TPSA) is 115 Å². The number of carbonyl (C=O) groups is 2. The molecule has 11 nitrogen and oxygen atoms in total. The van der Waals surface area contributed by atoms with Gasteiger partial charge in [0, 0.05) is 99.1 Å². The normalized spacial score (nSPS) is 24.5. The predicted molar refractivity (Wildman–Crippen MR) is 196 cm³/mol. The molecule has 0 radical (unpaired) electrons. The minimum Gasteiger partial charge on any atom is -0.463 e. The van der Waals surface area contributed by atoms with E-state index < -0.39 is 17.9 Å². The Labute approximate surface area is 303 Å². The highest BCUT2D eigenvalue weighted by molar-refractivity contribution is 6.00. The molecule has 11 heteroatoms. The minimum atomic E-state index is -0.697. The van der Waals surface area contributed by atoms with E-state index >= 15 is 0 Å². The fourth-order valence-electron chi connectivity index (χ4n) is 9.63. The summed E-state index contributed by atoms with van der Waals surface area (Å²) in [4.78, 5) is 58.5. The summed E-state index contributed by atoms with van der Waals surface area (Å²) in [5, 5.41) is 3.68. The van der Waals surface area contributed by atoms with Crippen LogP contribution in [0.2, 0.25) is 0 Å². The van der Waals surface area contributed by atoms with Crippen LogP contribution in [-0.4, -0.2) is 83.4 Å². The molecule has 8 rings (SSSR count). The fraction of sp³-hybridized carbons (Fsp3) is 0.463. The van der Waals surface area contributed by atoms with Crippen molar-refractivity contribution >= 4 is 11.9 Å². The van der Waals surface area contributed by atoms with Crippen LogP contribution >= 0.6 is 0 Å². The molecule has 4 atom stereocenters. The average molecular weight is 706 g/mol. The molecule has 2 saturated heterocycles. The van der Waals surface area contributed by atoms with E-state index in [-0.39, 0.29) is 36.2 Å². The Kier molecular flexibility index (Phi) is 9.48. The van der Waals surface area contributed by atoms with E-state index in [0.717, 1.165) is 67.4 Å². The molecule has 2 fully saturated rings. The van der Waals surface area contributed by atoms with Gasteiger partial charge in [0.25, 0.3) is 11.1 Å². The summed E-state index contributed by atoms with van der Waals surface area (Å²) in [5.74, 6) is -0.589. The number of ether oxygens (including phenoxy) is 2. The number of benzene rings is 1. The van der Waals surface area contributed by atoms with Crippen molar-refractivity contribution in [2.24, 2.45) is 11.8 Å². The Morgan fingerprint density at radius 3 is 1.58 bits per heavy atom. The Balaban J connectivity index is 1.18. The van der Waals surface area contributed by atoms with Crippen LogP contribution in [0.4, 0.5) is 0 Å². The van der Waals surface area contributed by atoms with Crippen LogP contribution < -0.4 is 16.4 Å². The van der Waals surface area contributed by atoms with Crippen molar-refractivity contribution in [1.29, 1.82) is 0 Å². The zero-order valence-electron chi connectivity index (χ0n) is 30.0. The van der Waals surface area contributed by atoms with Gasteiger partial charge >= 0.3 is 11.9 Å². The number of aromatic nitrogens is 2. The SMILES string of the molecule is CCOC(=O)C1=C(CN2C[C@H]3C[C@@H](C2)c2cccc(=O)n2C3)NC(CN2C[C@H]3C[C@@H](C2)c2cccc(=O)n2C3)=C(C(=O)OCC)C1c1ccccc1. The van der Waals surface area contributed by atoms with Gasteiger partial charge in [-0.3, -0.25) is 19.4 Å². The molecule has 1 aromatic carbocycles. The summed E-state index contributed by atoms with van der Waals surface area (Å²) in [6, 6.07) is 20.8. The van der Waals surface area contributed by atoms with Crippen molar-refractivity contribution in [1.82, 2.24) is 24.3 Å². The highest BCUT2D eigenvalue weighted by atomic mass is 16.5. The summed E-state index contributed by atoms with van der Waals surface area (Å²) in [7, 11) is 0.